The zero-order valence-electron chi connectivity index (χ0n) is 11.7. The Hall–Kier alpha value is -0.650. The van der Waals surface area contributed by atoms with E-state index in [1.807, 2.05) is 27.7 Å². The molecule has 0 aromatic rings. The highest BCUT2D eigenvalue weighted by molar-refractivity contribution is 5.81. The van der Waals surface area contributed by atoms with E-state index in [-0.39, 0.29) is 18.2 Å². The van der Waals surface area contributed by atoms with Crippen LogP contribution in [0.15, 0.2) is 0 Å². The van der Waals surface area contributed by atoms with Crippen LogP contribution in [0.5, 0.6) is 0 Å². The molecule has 0 spiro atoms. The summed E-state index contributed by atoms with van der Waals surface area (Å²) in [5, 5.41) is 3.13. The number of nitrogens with one attached hydrogen (secondary N) is 1. The average molecular weight is 246 g/mol. The van der Waals surface area contributed by atoms with Gasteiger partial charge in [-0.05, 0) is 27.7 Å². The van der Waals surface area contributed by atoms with Gasteiger partial charge >= 0.3 is 0 Å². The Bertz CT molecular complexity index is 206. The van der Waals surface area contributed by atoms with Crippen LogP contribution in [0.4, 0.5) is 0 Å². The van der Waals surface area contributed by atoms with Gasteiger partial charge in [0.15, 0.2) is 6.29 Å². The van der Waals surface area contributed by atoms with Gasteiger partial charge in [0, 0.05) is 33.4 Å². The molecule has 5 nitrogen and oxygen atoms in total. The van der Waals surface area contributed by atoms with E-state index in [0.717, 1.165) is 0 Å². The minimum Gasteiger partial charge on any atom is -0.352 e. The smallest absolute Gasteiger partial charge is 0.239 e. The second kappa shape index (κ2) is 9.39. The summed E-state index contributed by atoms with van der Waals surface area (Å²) in [6.07, 6.45) is -0.285. The Balaban J connectivity index is 4.01. The Labute approximate surface area is 104 Å². The maximum Gasteiger partial charge on any atom is 0.239 e. The SMILES string of the molecule is CCOC(CNC(C)C(=O)N(C)CC)OCC. The molecule has 5 heteroatoms. The van der Waals surface area contributed by atoms with Crippen molar-refractivity contribution in [3.8, 4) is 0 Å². The first-order valence-electron chi connectivity index (χ1n) is 6.28. The number of ether oxygens (including phenoxy) is 2. The predicted molar refractivity (Wildman–Crippen MR) is 67.8 cm³/mol. The lowest BCUT2D eigenvalue weighted by atomic mass is 10.3. The standard InChI is InChI=1S/C12H26N2O3/c1-6-14(5)12(15)10(4)13-9-11(16-7-2)17-8-3/h10-11,13H,6-9H2,1-5H3. The minimum absolute atomic E-state index is 0.0826. The fourth-order valence-electron chi connectivity index (χ4n) is 1.38. The molecule has 0 aromatic heterocycles. The van der Waals surface area contributed by atoms with E-state index in [0.29, 0.717) is 26.3 Å². The maximum absolute atomic E-state index is 11.8. The summed E-state index contributed by atoms with van der Waals surface area (Å²) < 4.78 is 10.8. The van der Waals surface area contributed by atoms with Crippen LogP contribution in [0.1, 0.15) is 27.7 Å². The maximum atomic E-state index is 11.8. The molecule has 0 aliphatic heterocycles. The molecule has 17 heavy (non-hydrogen) atoms. The van der Waals surface area contributed by atoms with E-state index in [1.54, 1.807) is 11.9 Å². The molecule has 0 aliphatic rings. The first-order valence-corrected chi connectivity index (χ1v) is 6.28. The van der Waals surface area contributed by atoms with Crippen molar-refractivity contribution in [2.24, 2.45) is 0 Å². The van der Waals surface area contributed by atoms with Gasteiger partial charge in [-0.25, -0.2) is 0 Å². The Morgan fingerprint density at radius 2 is 1.76 bits per heavy atom. The first-order chi connectivity index (χ1) is 8.06. The fraction of sp³-hybridized carbons (Fsp3) is 0.917. The summed E-state index contributed by atoms with van der Waals surface area (Å²) in [6.45, 7) is 10.1. The fourth-order valence-corrected chi connectivity index (χ4v) is 1.38. The van der Waals surface area contributed by atoms with E-state index in [1.165, 1.54) is 0 Å². The average Bonchev–Trinajstić information content (AvgIpc) is 2.34. The molecule has 0 bridgehead atoms. The summed E-state index contributed by atoms with van der Waals surface area (Å²) in [4.78, 5) is 13.5. The molecular formula is C12H26N2O3. The molecule has 1 unspecified atom stereocenters. The molecule has 102 valence electrons. The van der Waals surface area contributed by atoms with Crippen LogP contribution >= 0.6 is 0 Å². The number of likely N-dealkylation sites (N-methyl/N-ethyl adjacent to an activating group) is 1. The number of nitrogens with zero attached hydrogens (tertiary/aromatic N) is 1. The second-order valence-corrected chi connectivity index (χ2v) is 3.82. The van der Waals surface area contributed by atoms with Crippen LogP contribution in [0, 0.1) is 0 Å². The van der Waals surface area contributed by atoms with Crippen molar-refractivity contribution in [2.45, 2.75) is 40.0 Å². The summed E-state index contributed by atoms with van der Waals surface area (Å²) in [6, 6.07) is -0.219. The third-order valence-corrected chi connectivity index (χ3v) is 2.52. The van der Waals surface area contributed by atoms with Crippen molar-refractivity contribution in [2.75, 3.05) is 33.4 Å². The number of amides is 1. The first kappa shape index (κ1) is 16.4. The van der Waals surface area contributed by atoms with E-state index >= 15 is 0 Å². The van der Waals surface area contributed by atoms with Gasteiger partial charge in [0.1, 0.15) is 0 Å². The minimum atomic E-state index is -0.285. The summed E-state index contributed by atoms with van der Waals surface area (Å²) in [5.74, 6) is 0.0826. The van der Waals surface area contributed by atoms with Crippen molar-refractivity contribution in [3.63, 3.8) is 0 Å². The summed E-state index contributed by atoms with van der Waals surface area (Å²) in [5.41, 5.74) is 0. The van der Waals surface area contributed by atoms with E-state index in [2.05, 4.69) is 5.32 Å². The number of hydrogen-bond acceptors (Lipinski definition) is 4. The van der Waals surface area contributed by atoms with Gasteiger partial charge in [0.05, 0.1) is 6.04 Å². The van der Waals surface area contributed by atoms with Crippen molar-refractivity contribution >= 4 is 5.91 Å². The highest BCUT2D eigenvalue weighted by atomic mass is 16.7. The van der Waals surface area contributed by atoms with Gasteiger partial charge in [-0.1, -0.05) is 0 Å². The molecule has 0 heterocycles. The number of carbonyl (C=O) groups is 1. The van der Waals surface area contributed by atoms with Gasteiger partial charge in [0.2, 0.25) is 5.91 Å². The van der Waals surface area contributed by atoms with Crippen LogP contribution < -0.4 is 5.32 Å². The lowest BCUT2D eigenvalue weighted by molar-refractivity contribution is -0.139. The third kappa shape index (κ3) is 6.61. The van der Waals surface area contributed by atoms with Crippen molar-refractivity contribution in [1.82, 2.24) is 10.2 Å². The third-order valence-electron chi connectivity index (χ3n) is 2.52. The molecule has 1 N–H and O–H groups in total. The molecule has 0 aliphatic carbocycles. The highest BCUT2D eigenvalue weighted by Crippen LogP contribution is 1.96. The van der Waals surface area contributed by atoms with Crippen LogP contribution in [0.25, 0.3) is 0 Å². The van der Waals surface area contributed by atoms with Crippen LogP contribution in [-0.2, 0) is 14.3 Å². The Morgan fingerprint density at radius 3 is 2.18 bits per heavy atom. The van der Waals surface area contributed by atoms with E-state index in [9.17, 15) is 4.79 Å². The topological polar surface area (TPSA) is 50.8 Å². The van der Waals surface area contributed by atoms with Crippen LogP contribution in [0.2, 0.25) is 0 Å². The molecule has 0 aromatic carbocycles. The van der Waals surface area contributed by atoms with E-state index < -0.39 is 0 Å². The molecular weight excluding hydrogens is 220 g/mol. The lowest BCUT2D eigenvalue weighted by Gasteiger charge is -2.23. The molecule has 0 radical (unpaired) electrons. The molecule has 0 rings (SSSR count). The molecule has 0 fully saturated rings. The summed E-state index contributed by atoms with van der Waals surface area (Å²) in [7, 11) is 1.79. The Morgan fingerprint density at radius 1 is 1.24 bits per heavy atom. The molecule has 1 atom stereocenters. The lowest BCUT2D eigenvalue weighted by Crippen LogP contribution is -2.46. The quantitative estimate of drug-likeness (QED) is 0.613. The molecule has 0 saturated heterocycles. The number of carbonyl (C=O) groups excluding carboxylic acids is 1. The van der Waals surface area contributed by atoms with Gasteiger partial charge in [-0.15, -0.1) is 0 Å². The molecule has 1 amide bonds. The predicted octanol–water partition coefficient (Wildman–Crippen LogP) is 0.842. The zero-order valence-corrected chi connectivity index (χ0v) is 11.7. The monoisotopic (exact) mass is 246 g/mol. The highest BCUT2D eigenvalue weighted by Gasteiger charge is 2.17. The number of hydrogen-bond donors (Lipinski definition) is 1. The zero-order chi connectivity index (χ0) is 13.3. The van der Waals surface area contributed by atoms with Gasteiger partial charge in [-0.2, -0.15) is 0 Å². The van der Waals surface area contributed by atoms with Gasteiger partial charge < -0.3 is 19.7 Å². The van der Waals surface area contributed by atoms with Gasteiger partial charge in [0.25, 0.3) is 0 Å². The summed E-state index contributed by atoms with van der Waals surface area (Å²) >= 11 is 0. The van der Waals surface area contributed by atoms with Crippen LogP contribution in [-0.4, -0.2) is 56.5 Å². The molecule has 0 saturated carbocycles. The van der Waals surface area contributed by atoms with Gasteiger partial charge in [-0.3, -0.25) is 4.79 Å². The van der Waals surface area contributed by atoms with Crippen molar-refractivity contribution < 1.29 is 14.3 Å². The van der Waals surface area contributed by atoms with E-state index in [4.69, 9.17) is 9.47 Å². The van der Waals surface area contributed by atoms with Crippen molar-refractivity contribution in [3.05, 3.63) is 0 Å². The van der Waals surface area contributed by atoms with Crippen LogP contribution in [0.3, 0.4) is 0 Å². The largest absolute Gasteiger partial charge is 0.352 e. The number of rotatable bonds is 9. The normalized spacial score (nSPS) is 12.8. The second-order valence-electron chi connectivity index (χ2n) is 3.82. The van der Waals surface area contributed by atoms with Crippen molar-refractivity contribution in [1.29, 1.82) is 0 Å². The Kier molecular flexibility index (Phi) is 9.03.